The van der Waals surface area contributed by atoms with Crippen molar-refractivity contribution in [1.29, 1.82) is 0 Å². The van der Waals surface area contributed by atoms with Gasteiger partial charge in [-0.1, -0.05) is 129 Å². The van der Waals surface area contributed by atoms with Crippen molar-refractivity contribution in [3.63, 3.8) is 0 Å². The van der Waals surface area contributed by atoms with E-state index in [9.17, 15) is 0 Å². The molecule has 0 saturated heterocycles. The second-order valence-corrected chi connectivity index (χ2v) is 7.92. The Morgan fingerprint density at radius 3 is 0.808 bits per heavy atom. The van der Waals surface area contributed by atoms with Crippen molar-refractivity contribution in [1.82, 2.24) is 0 Å². The van der Waals surface area contributed by atoms with Crippen LogP contribution in [0, 0.1) is 25.7 Å². The maximum Gasteiger partial charge on any atom is 0.00886 e. The van der Waals surface area contributed by atoms with Crippen molar-refractivity contribution in [3.8, 4) is 11.8 Å². The Morgan fingerprint density at radius 2 is 0.538 bits per heavy atom. The fourth-order valence-electron chi connectivity index (χ4n) is 3.43. The first-order valence-electron chi connectivity index (χ1n) is 12.0. The van der Waals surface area contributed by atoms with E-state index in [1.807, 2.05) is 0 Å². The van der Waals surface area contributed by atoms with Crippen LogP contribution in [0.4, 0.5) is 0 Å². The minimum atomic E-state index is 1.10. The topological polar surface area (TPSA) is 0 Å². The van der Waals surface area contributed by atoms with Crippen molar-refractivity contribution in [2.75, 3.05) is 0 Å². The van der Waals surface area contributed by atoms with Gasteiger partial charge in [0.1, 0.15) is 0 Å². The molecule has 0 heterocycles. The van der Waals surface area contributed by atoms with E-state index in [1.165, 1.54) is 116 Å². The molecule has 152 valence electrons. The van der Waals surface area contributed by atoms with E-state index in [2.05, 4.69) is 25.7 Å². The van der Waals surface area contributed by atoms with Crippen molar-refractivity contribution < 1.29 is 0 Å². The summed E-state index contributed by atoms with van der Waals surface area (Å²) in [5.41, 5.74) is 0. The van der Waals surface area contributed by atoms with Crippen LogP contribution in [0.1, 0.15) is 141 Å². The van der Waals surface area contributed by atoms with Crippen LogP contribution in [0.3, 0.4) is 0 Å². The van der Waals surface area contributed by atoms with Crippen LogP contribution in [0.2, 0.25) is 0 Å². The average Bonchev–Trinajstić information content (AvgIpc) is 2.66. The highest BCUT2D eigenvalue weighted by molar-refractivity contribution is 4.98. The zero-order valence-corrected chi connectivity index (χ0v) is 18.0. The third kappa shape index (κ3) is 23.6. The van der Waals surface area contributed by atoms with E-state index >= 15 is 0 Å². The molecule has 0 spiro atoms. The number of hydrogen-bond acceptors (Lipinski definition) is 0. The lowest BCUT2D eigenvalue weighted by Crippen LogP contribution is -1.82. The Kier molecular flexibility index (Phi) is 24.1. The summed E-state index contributed by atoms with van der Waals surface area (Å²) in [4.78, 5) is 0. The van der Waals surface area contributed by atoms with Gasteiger partial charge in [0.2, 0.25) is 0 Å². The van der Waals surface area contributed by atoms with E-state index in [0.29, 0.717) is 0 Å². The highest BCUT2D eigenvalue weighted by Gasteiger charge is 1.93. The number of rotatable bonds is 20. The Labute approximate surface area is 167 Å². The lowest BCUT2D eigenvalue weighted by atomic mass is 10.0. The molecule has 0 heteroatoms. The van der Waals surface area contributed by atoms with Gasteiger partial charge in [0.05, 0.1) is 0 Å². The normalized spacial score (nSPS) is 10.7. The number of hydrogen-bond donors (Lipinski definition) is 0. The summed E-state index contributed by atoms with van der Waals surface area (Å²) in [6, 6.07) is 0. The predicted octanol–water partition coefficient (Wildman–Crippen LogP) is 9.24. The SMILES string of the molecule is [CH2]CCCCCCCCCC#CCCCCCCCCCCCCC[CH2]. The lowest BCUT2D eigenvalue weighted by Gasteiger charge is -2.01. The van der Waals surface area contributed by atoms with Gasteiger partial charge < -0.3 is 0 Å². The molecule has 0 aromatic rings. The van der Waals surface area contributed by atoms with Gasteiger partial charge >= 0.3 is 0 Å². The molecule has 0 aromatic heterocycles. The molecule has 0 atom stereocenters. The van der Waals surface area contributed by atoms with Crippen LogP contribution in [-0.2, 0) is 0 Å². The van der Waals surface area contributed by atoms with Gasteiger partial charge in [0.15, 0.2) is 0 Å². The predicted molar refractivity (Wildman–Crippen MR) is 120 cm³/mol. The van der Waals surface area contributed by atoms with Crippen LogP contribution >= 0.6 is 0 Å². The maximum absolute atomic E-state index is 3.90. The highest BCUT2D eigenvalue weighted by atomic mass is 14.0. The Morgan fingerprint density at radius 1 is 0.308 bits per heavy atom. The first kappa shape index (κ1) is 25.6. The van der Waals surface area contributed by atoms with E-state index in [1.54, 1.807) is 0 Å². The quantitative estimate of drug-likeness (QED) is 0.150. The van der Waals surface area contributed by atoms with Gasteiger partial charge in [0.25, 0.3) is 0 Å². The van der Waals surface area contributed by atoms with E-state index in [0.717, 1.165) is 25.7 Å². The van der Waals surface area contributed by atoms with Gasteiger partial charge in [-0.2, -0.15) is 0 Å². The second-order valence-electron chi connectivity index (χ2n) is 7.92. The van der Waals surface area contributed by atoms with Crippen LogP contribution in [0.5, 0.6) is 0 Å². The van der Waals surface area contributed by atoms with Gasteiger partial charge in [0, 0.05) is 12.8 Å². The molecule has 0 bridgehead atoms. The van der Waals surface area contributed by atoms with Gasteiger partial charge in [-0.05, 0) is 12.8 Å². The third-order valence-electron chi connectivity index (χ3n) is 5.23. The maximum atomic E-state index is 3.90. The molecule has 0 aromatic carbocycles. The standard InChI is InChI=1S/C26H48/c1-3-5-7-9-11-13-15-17-19-21-23-25-26-24-22-20-18-16-14-12-10-8-6-4-2/h1-21,23,25-26H2. The molecule has 0 unspecified atom stereocenters. The fourth-order valence-corrected chi connectivity index (χ4v) is 3.43. The molecule has 0 rings (SSSR count). The number of unbranched alkanes of at least 4 members (excludes halogenated alkanes) is 20. The molecule has 0 saturated carbocycles. The van der Waals surface area contributed by atoms with Crippen LogP contribution < -0.4 is 0 Å². The fraction of sp³-hybridized carbons (Fsp3) is 0.846. The Balaban J connectivity index is 3.07. The smallest absolute Gasteiger partial charge is 0.00886 e. The summed E-state index contributed by atoms with van der Waals surface area (Å²) in [5.74, 6) is 6.75. The molecule has 26 heavy (non-hydrogen) atoms. The summed E-state index contributed by atoms with van der Waals surface area (Å²) in [7, 11) is 0. The molecule has 0 fully saturated rings. The van der Waals surface area contributed by atoms with Crippen molar-refractivity contribution in [2.45, 2.75) is 141 Å². The molecule has 0 nitrogen and oxygen atoms in total. The third-order valence-corrected chi connectivity index (χ3v) is 5.23. The first-order valence-corrected chi connectivity index (χ1v) is 12.0. The van der Waals surface area contributed by atoms with Gasteiger partial charge in [-0.25, -0.2) is 0 Å². The molecule has 0 aliphatic carbocycles. The molecule has 0 aliphatic heterocycles. The summed E-state index contributed by atoms with van der Waals surface area (Å²) in [5, 5.41) is 0. The summed E-state index contributed by atoms with van der Waals surface area (Å²) < 4.78 is 0. The van der Waals surface area contributed by atoms with E-state index in [4.69, 9.17) is 0 Å². The van der Waals surface area contributed by atoms with Crippen molar-refractivity contribution in [2.24, 2.45) is 0 Å². The molecule has 2 radical (unpaired) electrons. The molecule has 0 amide bonds. The Bertz CT molecular complexity index is 293. The first-order chi connectivity index (χ1) is 12.9. The van der Waals surface area contributed by atoms with Crippen LogP contribution in [0.25, 0.3) is 0 Å². The largest absolute Gasteiger partial charge is 0.103 e. The molecule has 0 aliphatic rings. The summed E-state index contributed by atoms with van der Waals surface area (Å²) in [6.45, 7) is 7.79. The van der Waals surface area contributed by atoms with Gasteiger partial charge in [-0.3, -0.25) is 0 Å². The summed E-state index contributed by atoms with van der Waals surface area (Å²) >= 11 is 0. The van der Waals surface area contributed by atoms with E-state index in [-0.39, 0.29) is 0 Å². The molecule has 0 N–H and O–H groups in total. The van der Waals surface area contributed by atoms with Crippen molar-refractivity contribution >= 4 is 0 Å². The Hall–Kier alpha value is -0.440. The van der Waals surface area contributed by atoms with Crippen LogP contribution in [0.15, 0.2) is 0 Å². The summed E-state index contributed by atoms with van der Waals surface area (Å²) in [6.07, 6.45) is 29.5. The minimum Gasteiger partial charge on any atom is -0.103 e. The minimum absolute atomic E-state index is 1.10. The van der Waals surface area contributed by atoms with Crippen molar-refractivity contribution in [3.05, 3.63) is 13.8 Å². The zero-order valence-electron chi connectivity index (χ0n) is 18.0. The average molecular weight is 361 g/mol. The molecular weight excluding hydrogens is 312 g/mol. The lowest BCUT2D eigenvalue weighted by molar-refractivity contribution is 0.548. The molecular formula is C26H48. The highest BCUT2D eigenvalue weighted by Crippen LogP contribution is 2.12. The van der Waals surface area contributed by atoms with Gasteiger partial charge in [-0.15, -0.1) is 11.8 Å². The van der Waals surface area contributed by atoms with E-state index < -0.39 is 0 Å². The second kappa shape index (κ2) is 24.6. The monoisotopic (exact) mass is 360 g/mol. The zero-order chi connectivity index (χ0) is 19.0. The van der Waals surface area contributed by atoms with Crippen LogP contribution in [-0.4, -0.2) is 0 Å².